The van der Waals surface area contributed by atoms with Crippen molar-refractivity contribution in [2.75, 3.05) is 18.0 Å². The molecule has 0 aromatic heterocycles. The molecule has 2 aliphatic heterocycles. The van der Waals surface area contributed by atoms with Gasteiger partial charge in [-0.2, -0.15) is 0 Å². The van der Waals surface area contributed by atoms with Crippen molar-refractivity contribution in [1.29, 1.82) is 0 Å². The first-order chi connectivity index (χ1) is 12.5. The summed E-state index contributed by atoms with van der Waals surface area (Å²) < 4.78 is 28.1. The molecule has 4 rings (SSSR count). The highest BCUT2D eigenvalue weighted by molar-refractivity contribution is 7.89. The van der Waals surface area contributed by atoms with Crippen LogP contribution in [-0.4, -0.2) is 27.4 Å². The van der Waals surface area contributed by atoms with E-state index in [-0.39, 0.29) is 10.8 Å². The Bertz CT molecular complexity index is 939. The van der Waals surface area contributed by atoms with Gasteiger partial charge < -0.3 is 4.90 Å². The number of aryl methyl sites for hydroxylation is 2. The summed E-state index contributed by atoms with van der Waals surface area (Å²) in [6.45, 7) is 1.14. The molecule has 0 saturated heterocycles. The van der Waals surface area contributed by atoms with Crippen LogP contribution in [0.2, 0.25) is 0 Å². The highest BCUT2D eigenvalue weighted by Gasteiger charge is 2.33. The first-order valence-electron chi connectivity index (χ1n) is 9.04. The van der Waals surface area contributed by atoms with E-state index in [2.05, 4.69) is 4.72 Å². The van der Waals surface area contributed by atoms with Gasteiger partial charge in [-0.05, 0) is 54.5 Å². The third-order valence-corrected chi connectivity index (χ3v) is 6.51. The van der Waals surface area contributed by atoms with E-state index in [1.807, 2.05) is 30.3 Å². The van der Waals surface area contributed by atoms with Crippen LogP contribution >= 0.6 is 0 Å². The minimum atomic E-state index is -3.56. The maximum absolute atomic E-state index is 12.7. The molecule has 0 fully saturated rings. The summed E-state index contributed by atoms with van der Waals surface area (Å²) in [7, 11) is -3.56. The zero-order valence-corrected chi connectivity index (χ0v) is 15.4. The van der Waals surface area contributed by atoms with Gasteiger partial charge in [0, 0.05) is 13.1 Å². The molecule has 2 aromatic rings. The minimum absolute atomic E-state index is 0.0753. The van der Waals surface area contributed by atoms with Crippen LogP contribution in [-0.2, 0) is 34.1 Å². The second kappa shape index (κ2) is 6.85. The molecule has 0 radical (unpaired) electrons. The first kappa shape index (κ1) is 17.2. The van der Waals surface area contributed by atoms with Crippen LogP contribution in [0.5, 0.6) is 0 Å². The Labute approximate surface area is 154 Å². The second-order valence-corrected chi connectivity index (χ2v) is 8.67. The molecular weight excluding hydrogens is 348 g/mol. The van der Waals surface area contributed by atoms with E-state index >= 15 is 0 Å². The Hall–Kier alpha value is -2.18. The number of sulfonamides is 1. The van der Waals surface area contributed by atoms with Crippen molar-refractivity contribution in [1.82, 2.24) is 4.72 Å². The molecular formula is C20H22N2O3S. The van der Waals surface area contributed by atoms with Gasteiger partial charge in [-0.25, -0.2) is 13.1 Å². The smallest absolute Gasteiger partial charge is 0.240 e. The van der Waals surface area contributed by atoms with Gasteiger partial charge in [-0.3, -0.25) is 4.79 Å². The van der Waals surface area contributed by atoms with Gasteiger partial charge in [-0.15, -0.1) is 0 Å². The third-order valence-electron chi connectivity index (χ3n) is 5.07. The molecule has 0 aliphatic carbocycles. The van der Waals surface area contributed by atoms with Crippen LogP contribution in [0.3, 0.4) is 0 Å². The van der Waals surface area contributed by atoms with Gasteiger partial charge in [0.1, 0.15) is 0 Å². The van der Waals surface area contributed by atoms with Crippen LogP contribution in [0, 0.1) is 0 Å². The molecule has 0 bridgehead atoms. The van der Waals surface area contributed by atoms with E-state index < -0.39 is 10.0 Å². The second-order valence-electron chi connectivity index (χ2n) is 6.90. The monoisotopic (exact) mass is 370 g/mol. The van der Waals surface area contributed by atoms with Gasteiger partial charge in [0.15, 0.2) is 0 Å². The summed E-state index contributed by atoms with van der Waals surface area (Å²) in [4.78, 5) is 14.2. The maximum Gasteiger partial charge on any atom is 0.240 e. The number of nitrogens with one attached hydrogen (secondary N) is 1. The van der Waals surface area contributed by atoms with Gasteiger partial charge in [0.2, 0.25) is 15.9 Å². The summed E-state index contributed by atoms with van der Waals surface area (Å²) >= 11 is 0. The highest BCUT2D eigenvalue weighted by Crippen LogP contribution is 2.38. The fraction of sp³-hybridized carbons (Fsp3) is 0.350. The maximum atomic E-state index is 12.7. The lowest BCUT2D eigenvalue weighted by Crippen LogP contribution is -2.31. The quantitative estimate of drug-likeness (QED) is 0.794. The molecule has 0 spiro atoms. The van der Waals surface area contributed by atoms with E-state index in [4.69, 9.17) is 0 Å². The minimum Gasteiger partial charge on any atom is -0.312 e. The summed E-state index contributed by atoms with van der Waals surface area (Å²) in [5, 5.41) is 0. The van der Waals surface area contributed by atoms with Crippen molar-refractivity contribution in [2.45, 2.75) is 37.0 Å². The van der Waals surface area contributed by atoms with E-state index in [1.165, 1.54) is 5.56 Å². The summed E-state index contributed by atoms with van der Waals surface area (Å²) in [6.07, 6.45) is 3.59. The van der Waals surface area contributed by atoms with Crippen LogP contribution < -0.4 is 9.62 Å². The Morgan fingerprint density at radius 2 is 1.85 bits per heavy atom. The molecule has 6 heteroatoms. The van der Waals surface area contributed by atoms with Gasteiger partial charge in [0.05, 0.1) is 17.0 Å². The fourth-order valence-electron chi connectivity index (χ4n) is 3.83. The lowest BCUT2D eigenvalue weighted by atomic mass is 10.0. The van der Waals surface area contributed by atoms with Crippen LogP contribution in [0.25, 0.3) is 0 Å². The Kier molecular flexibility index (Phi) is 4.54. The molecule has 26 heavy (non-hydrogen) atoms. The molecule has 2 aromatic carbocycles. The van der Waals surface area contributed by atoms with Crippen molar-refractivity contribution >= 4 is 21.6 Å². The Morgan fingerprint density at radius 3 is 2.65 bits per heavy atom. The lowest BCUT2D eigenvalue weighted by molar-refractivity contribution is -0.117. The summed E-state index contributed by atoms with van der Waals surface area (Å²) in [5.74, 6) is 0.0753. The average molecular weight is 370 g/mol. The summed E-state index contributed by atoms with van der Waals surface area (Å²) in [6, 6.07) is 13.4. The van der Waals surface area contributed by atoms with Gasteiger partial charge in [-0.1, -0.05) is 30.3 Å². The van der Waals surface area contributed by atoms with Gasteiger partial charge in [0.25, 0.3) is 0 Å². The molecule has 0 atom stereocenters. The number of carbonyl (C=O) groups is 1. The number of hydrogen-bond donors (Lipinski definition) is 1. The Morgan fingerprint density at radius 1 is 1.08 bits per heavy atom. The SMILES string of the molecule is O=C1Cc2cc(S(=O)(=O)NCCCc3ccccc3)cc3c2N1CCC3. The standard InChI is InChI=1S/C20H22N2O3S/c23-19-14-17-13-18(12-16-9-5-11-22(19)20(16)17)26(24,25)21-10-4-8-15-6-2-1-3-7-15/h1-3,6-7,12-13,21H,4-5,8-11,14H2. The predicted molar refractivity (Wildman–Crippen MR) is 101 cm³/mol. The molecule has 2 aliphatic rings. The fourth-order valence-corrected chi connectivity index (χ4v) is 5.00. The third kappa shape index (κ3) is 3.27. The van der Waals surface area contributed by atoms with E-state index in [0.29, 0.717) is 13.0 Å². The molecule has 1 N–H and O–H groups in total. The number of amides is 1. The number of hydrogen-bond acceptors (Lipinski definition) is 3. The largest absolute Gasteiger partial charge is 0.312 e. The lowest BCUT2D eigenvalue weighted by Gasteiger charge is -2.26. The van der Waals surface area contributed by atoms with Crippen molar-refractivity contribution in [2.24, 2.45) is 0 Å². The van der Waals surface area contributed by atoms with E-state index in [0.717, 1.165) is 49.0 Å². The van der Waals surface area contributed by atoms with Crippen LogP contribution in [0.15, 0.2) is 47.4 Å². The van der Waals surface area contributed by atoms with Crippen molar-refractivity contribution in [3.63, 3.8) is 0 Å². The molecule has 1 amide bonds. The van der Waals surface area contributed by atoms with Crippen molar-refractivity contribution in [3.05, 3.63) is 59.2 Å². The van der Waals surface area contributed by atoms with Crippen LogP contribution in [0.1, 0.15) is 29.5 Å². The number of rotatable bonds is 6. The topological polar surface area (TPSA) is 66.5 Å². The number of nitrogens with zero attached hydrogens (tertiary/aromatic N) is 1. The van der Waals surface area contributed by atoms with E-state index in [1.54, 1.807) is 17.0 Å². The Balaban J connectivity index is 1.47. The first-order valence-corrected chi connectivity index (χ1v) is 10.5. The molecule has 0 unspecified atom stereocenters. The molecule has 2 heterocycles. The average Bonchev–Trinajstić information content (AvgIpc) is 2.97. The molecule has 136 valence electrons. The van der Waals surface area contributed by atoms with E-state index in [9.17, 15) is 13.2 Å². The predicted octanol–water partition coefficient (Wildman–Crippen LogP) is 2.43. The zero-order chi connectivity index (χ0) is 18.1. The number of benzene rings is 2. The summed E-state index contributed by atoms with van der Waals surface area (Å²) in [5.41, 5.74) is 3.97. The normalized spacial score (nSPS) is 16.0. The van der Waals surface area contributed by atoms with Crippen molar-refractivity contribution in [3.8, 4) is 0 Å². The number of anilines is 1. The highest BCUT2D eigenvalue weighted by atomic mass is 32.2. The van der Waals surface area contributed by atoms with Crippen molar-refractivity contribution < 1.29 is 13.2 Å². The number of carbonyl (C=O) groups excluding carboxylic acids is 1. The zero-order valence-electron chi connectivity index (χ0n) is 14.6. The van der Waals surface area contributed by atoms with Crippen LogP contribution in [0.4, 0.5) is 5.69 Å². The molecule has 5 nitrogen and oxygen atoms in total. The molecule has 0 saturated carbocycles. The van der Waals surface area contributed by atoms with Gasteiger partial charge >= 0.3 is 0 Å².